The maximum absolute atomic E-state index is 12.9. The monoisotopic (exact) mass is 435 g/mol. The van der Waals surface area contributed by atoms with E-state index in [0.29, 0.717) is 18.7 Å². The third-order valence-corrected chi connectivity index (χ3v) is 7.18. The van der Waals surface area contributed by atoms with Gasteiger partial charge in [0.05, 0.1) is 10.5 Å². The third-order valence-electron chi connectivity index (χ3n) is 5.50. The molecule has 1 saturated heterocycles. The second-order valence-electron chi connectivity index (χ2n) is 7.76. The molecule has 2 heterocycles. The van der Waals surface area contributed by atoms with E-state index in [1.54, 1.807) is 35.2 Å². The van der Waals surface area contributed by atoms with Crippen LogP contribution in [-0.2, 0) is 16.4 Å². The van der Waals surface area contributed by atoms with Gasteiger partial charge in [-0.05, 0) is 36.8 Å². The second kappa shape index (κ2) is 8.99. The molecule has 6 nitrogen and oxygen atoms in total. The van der Waals surface area contributed by atoms with Crippen LogP contribution >= 0.6 is 0 Å². The van der Waals surface area contributed by atoms with Crippen LogP contribution in [0.2, 0.25) is 0 Å². The van der Waals surface area contributed by atoms with Gasteiger partial charge < -0.3 is 4.90 Å². The summed E-state index contributed by atoms with van der Waals surface area (Å²) in [6.45, 7) is 5.64. The molecule has 0 saturated carbocycles. The van der Waals surface area contributed by atoms with Gasteiger partial charge in [-0.25, -0.2) is 13.4 Å². The molecule has 1 aliphatic heterocycles. The van der Waals surface area contributed by atoms with Gasteiger partial charge >= 0.3 is 0 Å². The van der Waals surface area contributed by atoms with Crippen molar-refractivity contribution in [1.82, 2.24) is 14.8 Å². The number of hydrogen-bond donors (Lipinski definition) is 0. The van der Waals surface area contributed by atoms with Crippen LogP contribution in [0.1, 0.15) is 21.5 Å². The minimum atomic E-state index is -3.70. The highest BCUT2D eigenvalue weighted by atomic mass is 32.2. The van der Waals surface area contributed by atoms with Gasteiger partial charge in [0.2, 0.25) is 9.84 Å². The zero-order valence-electron chi connectivity index (χ0n) is 17.4. The Kier molecular flexibility index (Phi) is 6.15. The lowest BCUT2D eigenvalue weighted by Gasteiger charge is -2.34. The maximum atomic E-state index is 12.9. The van der Waals surface area contributed by atoms with E-state index in [4.69, 9.17) is 0 Å². The summed E-state index contributed by atoms with van der Waals surface area (Å²) in [5.41, 5.74) is 2.65. The van der Waals surface area contributed by atoms with Crippen molar-refractivity contribution < 1.29 is 13.2 Å². The number of carbonyl (C=O) groups is 1. The summed E-state index contributed by atoms with van der Waals surface area (Å²) in [4.78, 5) is 21.3. The van der Waals surface area contributed by atoms with Crippen LogP contribution in [0.25, 0.3) is 0 Å². The summed E-state index contributed by atoms with van der Waals surface area (Å²) in [7, 11) is -3.70. The van der Waals surface area contributed by atoms with Crippen LogP contribution in [0.4, 0.5) is 0 Å². The predicted octanol–water partition coefficient (Wildman–Crippen LogP) is 3.18. The molecule has 3 aromatic rings. The number of benzene rings is 2. The van der Waals surface area contributed by atoms with Gasteiger partial charge in [0.1, 0.15) is 0 Å². The van der Waals surface area contributed by atoms with Crippen molar-refractivity contribution in [2.75, 3.05) is 26.2 Å². The Morgan fingerprint density at radius 2 is 1.58 bits per heavy atom. The van der Waals surface area contributed by atoms with Crippen LogP contribution < -0.4 is 0 Å². The highest BCUT2D eigenvalue weighted by molar-refractivity contribution is 7.91. The van der Waals surface area contributed by atoms with E-state index in [9.17, 15) is 13.2 Å². The summed E-state index contributed by atoms with van der Waals surface area (Å²) in [6, 6.07) is 19.9. The van der Waals surface area contributed by atoms with Gasteiger partial charge in [-0.15, -0.1) is 0 Å². The molecule has 0 unspecified atom stereocenters. The molecule has 1 aliphatic rings. The van der Waals surface area contributed by atoms with Gasteiger partial charge in [-0.1, -0.05) is 48.0 Å². The number of aryl methyl sites for hydroxylation is 1. The Bertz CT molecular complexity index is 1140. The number of nitrogens with zero attached hydrogens (tertiary/aromatic N) is 3. The fourth-order valence-corrected chi connectivity index (χ4v) is 4.81. The molecular formula is C24H25N3O3S. The number of pyridine rings is 1. The van der Waals surface area contributed by atoms with Crippen molar-refractivity contribution in [2.45, 2.75) is 23.4 Å². The molecule has 0 radical (unpaired) electrons. The highest BCUT2D eigenvalue weighted by Crippen LogP contribution is 2.20. The van der Waals surface area contributed by atoms with Crippen molar-refractivity contribution >= 4 is 15.7 Å². The zero-order chi connectivity index (χ0) is 21.8. The first kappa shape index (κ1) is 21.2. The van der Waals surface area contributed by atoms with Crippen molar-refractivity contribution in [3.63, 3.8) is 0 Å². The number of amides is 1. The Morgan fingerprint density at radius 3 is 2.19 bits per heavy atom. The van der Waals surface area contributed by atoms with E-state index in [1.807, 2.05) is 25.1 Å². The molecule has 2 aromatic carbocycles. The number of aromatic nitrogens is 1. The first-order valence-electron chi connectivity index (χ1n) is 10.3. The SMILES string of the molecule is Cc1ccc(S(=O)(=O)c2ccc(C(=O)N3CCN(Cc4ccccc4)CC3)cn2)cc1. The molecule has 1 amide bonds. The number of piperazine rings is 1. The molecule has 160 valence electrons. The first-order chi connectivity index (χ1) is 14.9. The molecule has 0 aliphatic carbocycles. The minimum Gasteiger partial charge on any atom is -0.336 e. The second-order valence-corrected chi connectivity index (χ2v) is 9.65. The number of hydrogen-bond acceptors (Lipinski definition) is 5. The molecule has 7 heteroatoms. The zero-order valence-corrected chi connectivity index (χ0v) is 18.3. The van der Waals surface area contributed by atoms with Crippen molar-refractivity contribution in [2.24, 2.45) is 0 Å². The largest absolute Gasteiger partial charge is 0.336 e. The van der Waals surface area contributed by atoms with Gasteiger partial charge in [0, 0.05) is 38.9 Å². The molecule has 0 spiro atoms. The van der Waals surface area contributed by atoms with Crippen molar-refractivity contribution in [3.05, 3.63) is 89.6 Å². The normalized spacial score (nSPS) is 15.1. The number of sulfone groups is 1. The number of rotatable bonds is 5. The Morgan fingerprint density at radius 1 is 0.903 bits per heavy atom. The van der Waals surface area contributed by atoms with E-state index in [-0.39, 0.29) is 15.8 Å². The van der Waals surface area contributed by atoms with Crippen LogP contribution in [0.15, 0.2) is 82.8 Å². The average molecular weight is 436 g/mol. The summed E-state index contributed by atoms with van der Waals surface area (Å²) in [5, 5.41) is -0.0550. The summed E-state index contributed by atoms with van der Waals surface area (Å²) < 4.78 is 25.5. The fraction of sp³-hybridized carbons (Fsp3) is 0.250. The van der Waals surface area contributed by atoms with E-state index in [0.717, 1.165) is 25.2 Å². The third kappa shape index (κ3) is 4.84. The standard InChI is InChI=1S/C24H25N3O3S/c1-19-7-10-22(11-8-19)31(29,30)23-12-9-21(17-25-23)24(28)27-15-13-26(14-16-27)18-20-5-3-2-4-6-20/h2-12,17H,13-16,18H2,1H3. The van der Waals surface area contributed by atoms with Crippen molar-refractivity contribution in [3.8, 4) is 0 Å². The smallest absolute Gasteiger partial charge is 0.255 e. The Labute approximate surface area is 183 Å². The number of carbonyl (C=O) groups excluding carboxylic acids is 1. The molecule has 1 fully saturated rings. The van der Waals surface area contributed by atoms with Crippen LogP contribution in [0, 0.1) is 6.92 Å². The van der Waals surface area contributed by atoms with E-state index >= 15 is 0 Å². The van der Waals surface area contributed by atoms with Gasteiger partial charge in [0.25, 0.3) is 5.91 Å². The first-order valence-corrected chi connectivity index (χ1v) is 11.8. The van der Waals surface area contributed by atoms with Crippen LogP contribution in [0.5, 0.6) is 0 Å². The van der Waals surface area contributed by atoms with Crippen LogP contribution in [-0.4, -0.2) is 55.3 Å². The van der Waals surface area contributed by atoms with Gasteiger partial charge in [0.15, 0.2) is 5.03 Å². The summed E-state index contributed by atoms with van der Waals surface area (Å²) in [5.74, 6) is -0.119. The Hall–Kier alpha value is -3.03. The highest BCUT2D eigenvalue weighted by Gasteiger charge is 2.24. The quantitative estimate of drug-likeness (QED) is 0.616. The fourth-order valence-electron chi connectivity index (χ4n) is 3.64. The molecule has 0 N–H and O–H groups in total. The van der Waals surface area contributed by atoms with E-state index < -0.39 is 9.84 Å². The molecule has 31 heavy (non-hydrogen) atoms. The summed E-state index contributed by atoms with van der Waals surface area (Å²) >= 11 is 0. The summed E-state index contributed by atoms with van der Waals surface area (Å²) in [6.07, 6.45) is 1.36. The molecule has 0 bridgehead atoms. The van der Waals surface area contributed by atoms with Gasteiger partial charge in [-0.3, -0.25) is 9.69 Å². The molecule has 0 atom stereocenters. The van der Waals surface area contributed by atoms with Crippen LogP contribution in [0.3, 0.4) is 0 Å². The lowest BCUT2D eigenvalue weighted by Crippen LogP contribution is -2.48. The molecule has 4 rings (SSSR count). The van der Waals surface area contributed by atoms with Crippen molar-refractivity contribution in [1.29, 1.82) is 0 Å². The average Bonchev–Trinajstić information content (AvgIpc) is 2.80. The lowest BCUT2D eigenvalue weighted by molar-refractivity contribution is 0.0628. The lowest BCUT2D eigenvalue weighted by atomic mass is 10.2. The predicted molar refractivity (Wildman–Crippen MR) is 118 cm³/mol. The topological polar surface area (TPSA) is 70.6 Å². The van der Waals surface area contributed by atoms with Gasteiger partial charge in [-0.2, -0.15) is 0 Å². The minimum absolute atomic E-state index is 0.0550. The van der Waals surface area contributed by atoms with E-state index in [2.05, 4.69) is 22.0 Å². The molecular weight excluding hydrogens is 410 g/mol. The maximum Gasteiger partial charge on any atom is 0.255 e. The molecule has 1 aromatic heterocycles. The Balaban J connectivity index is 1.39. The van der Waals surface area contributed by atoms with E-state index in [1.165, 1.54) is 17.8 Å².